The number of nitrogens with one attached hydrogen (secondary N) is 1. The number of benzene rings is 1. The van der Waals surface area contributed by atoms with Gasteiger partial charge < -0.3 is 4.74 Å². The molecule has 0 aliphatic heterocycles. The largest absolute Gasteiger partial charge is 0.490 e. The standard InChI is InChI=1S/C16H22F2N2O/c1-4-16(11-19,20-12(2)3)8-5-9-21-15-10-13(17)6-7-14(15)18/h6-7,10,12,20H,4-5,8-9H2,1-3H3. The smallest absolute Gasteiger partial charge is 0.165 e. The Morgan fingerprint density at radius 3 is 2.67 bits per heavy atom. The van der Waals surface area contributed by atoms with Crippen molar-refractivity contribution in [3.05, 3.63) is 29.8 Å². The summed E-state index contributed by atoms with van der Waals surface area (Å²) in [7, 11) is 0. The van der Waals surface area contributed by atoms with Crippen molar-refractivity contribution in [2.45, 2.75) is 51.6 Å². The molecule has 0 saturated carbocycles. The van der Waals surface area contributed by atoms with E-state index in [2.05, 4.69) is 11.4 Å². The molecule has 0 heterocycles. The van der Waals surface area contributed by atoms with Crippen LogP contribution < -0.4 is 10.1 Å². The van der Waals surface area contributed by atoms with Crippen LogP contribution in [0.2, 0.25) is 0 Å². The number of ether oxygens (including phenoxy) is 1. The van der Waals surface area contributed by atoms with Crippen molar-refractivity contribution in [3.63, 3.8) is 0 Å². The van der Waals surface area contributed by atoms with Crippen LogP contribution in [0.3, 0.4) is 0 Å². The number of hydrogen-bond donors (Lipinski definition) is 1. The predicted molar refractivity (Wildman–Crippen MR) is 78.0 cm³/mol. The Balaban J connectivity index is 2.52. The van der Waals surface area contributed by atoms with Crippen LogP contribution in [0.1, 0.15) is 40.0 Å². The second-order valence-corrected chi connectivity index (χ2v) is 5.37. The first-order valence-electron chi connectivity index (χ1n) is 7.19. The average molecular weight is 296 g/mol. The van der Waals surface area contributed by atoms with E-state index < -0.39 is 17.2 Å². The summed E-state index contributed by atoms with van der Waals surface area (Å²) in [5.74, 6) is -1.21. The Labute approximate surface area is 124 Å². The fourth-order valence-electron chi connectivity index (χ4n) is 2.21. The summed E-state index contributed by atoms with van der Waals surface area (Å²) in [6.45, 7) is 6.16. The molecule has 1 aromatic rings. The maximum atomic E-state index is 13.4. The molecule has 5 heteroatoms. The second kappa shape index (κ2) is 7.94. The first kappa shape index (κ1) is 17.4. The van der Waals surface area contributed by atoms with Gasteiger partial charge in [-0.05, 0) is 45.2 Å². The van der Waals surface area contributed by atoms with Crippen LogP contribution in [-0.4, -0.2) is 18.2 Å². The van der Waals surface area contributed by atoms with Gasteiger partial charge in [0.1, 0.15) is 11.4 Å². The van der Waals surface area contributed by atoms with Crippen molar-refractivity contribution < 1.29 is 13.5 Å². The van der Waals surface area contributed by atoms with Gasteiger partial charge in [0.15, 0.2) is 11.6 Å². The number of rotatable bonds is 8. The van der Waals surface area contributed by atoms with Crippen molar-refractivity contribution in [3.8, 4) is 11.8 Å². The van der Waals surface area contributed by atoms with Crippen LogP contribution in [0.25, 0.3) is 0 Å². The van der Waals surface area contributed by atoms with Gasteiger partial charge in [-0.1, -0.05) is 6.92 Å². The molecular weight excluding hydrogens is 274 g/mol. The van der Waals surface area contributed by atoms with Crippen LogP contribution in [-0.2, 0) is 0 Å². The molecule has 21 heavy (non-hydrogen) atoms. The van der Waals surface area contributed by atoms with Crippen molar-refractivity contribution in [1.82, 2.24) is 5.32 Å². The minimum absolute atomic E-state index is 0.0918. The van der Waals surface area contributed by atoms with E-state index in [1.54, 1.807) is 0 Å². The van der Waals surface area contributed by atoms with E-state index in [0.29, 0.717) is 19.3 Å². The number of nitrogens with zero attached hydrogens (tertiary/aromatic N) is 1. The zero-order chi connectivity index (χ0) is 15.9. The van der Waals surface area contributed by atoms with Crippen LogP contribution in [0.15, 0.2) is 18.2 Å². The van der Waals surface area contributed by atoms with Gasteiger partial charge in [-0.25, -0.2) is 8.78 Å². The molecule has 0 fully saturated rings. The topological polar surface area (TPSA) is 45.0 Å². The molecule has 0 bridgehead atoms. The van der Waals surface area contributed by atoms with Crippen LogP contribution in [0.5, 0.6) is 5.75 Å². The van der Waals surface area contributed by atoms with E-state index >= 15 is 0 Å². The Morgan fingerprint density at radius 2 is 2.10 bits per heavy atom. The van der Waals surface area contributed by atoms with Crippen LogP contribution in [0.4, 0.5) is 8.78 Å². The van der Waals surface area contributed by atoms with Crippen molar-refractivity contribution in [2.24, 2.45) is 0 Å². The minimum Gasteiger partial charge on any atom is -0.490 e. The highest BCUT2D eigenvalue weighted by Crippen LogP contribution is 2.21. The first-order valence-corrected chi connectivity index (χ1v) is 7.19. The summed E-state index contributed by atoms with van der Waals surface area (Å²) in [5.41, 5.74) is -0.599. The molecule has 1 rings (SSSR count). The third-order valence-corrected chi connectivity index (χ3v) is 3.28. The molecule has 0 aromatic heterocycles. The summed E-state index contributed by atoms with van der Waals surface area (Å²) in [6.07, 6.45) is 1.85. The molecule has 1 atom stereocenters. The van der Waals surface area contributed by atoms with Crippen LogP contribution in [0, 0.1) is 23.0 Å². The van der Waals surface area contributed by atoms with Crippen molar-refractivity contribution in [1.29, 1.82) is 5.26 Å². The van der Waals surface area contributed by atoms with Gasteiger partial charge in [0.2, 0.25) is 0 Å². The third kappa shape index (κ3) is 5.31. The molecule has 0 spiro atoms. The zero-order valence-corrected chi connectivity index (χ0v) is 12.7. The zero-order valence-electron chi connectivity index (χ0n) is 12.7. The van der Waals surface area contributed by atoms with Gasteiger partial charge in [-0.2, -0.15) is 5.26 Å². The SMILES string of the molecule is CCC(C#N)(CCCOc1cc(F)ccc1F)NC(C)C. The molecule has 0 aliphatic rings. The molecule has 0 saturated heterocycles. The lowest BCUT2D eigenvalue weighted by Gasteiger charge is -2.29. The van der Waals surface area contributed by atoms with Crippen LogP contribution >= 0.6 is 0 Å². The molecule has 116 valence electrons. The van der Waals surface area contributed by atoms with Gasteiger partial charge in [0.05, 0.1) is 12.7 Å². The van der Waals surface area contributed by atoms with E-state index in [0.717, 1.165) is 18.2 Å². The van der Waals surface area contributed by atoms with Gasteiger partial charge in [-0.15, -0.1) is 0 Å². The maximum absolute atomic E-state index is 13.4. The highest BCUT2D eigenvalue weighted by Gasteiger charge is 2.27. The lowest BCUT2D eigenvalue weighted by atomic mass is 9.91. The Hall–Kier alpha value is -1.67. The summed E-state index contributed by atoms with van der Waals surface area (Å²) >= 11 is 0. The summed E-state index contributed by atoms with van der Waals surface area (Å²) < 4.78 is 31.6. The predicted octanol–water partition coefficient (Wildman–Crippen LogP) is 3.79. The monoisotopic (exact) mass is 296 g/mol. The summed E-state index contributed by atoms with van der Waals surface area (Å²) in [4.78, 5) is 0. The Bertz CT molecular complexity index is 500. The number of nitriles is 1. The molecular formula is C16H22F2N2O. The number of hydrogen-bond acceptors (Lipinski definition) is 3. The molecule has 0 radical (unpaired) electrons. The molecule has 1 aromatic carbocycles. The molecule has 1 N–H and O–H groups in total. The maximum Gasteiger partial charge on any atom is 0.165 e. The molecule has 1 unspecified atom stereocenters. The van der Waals surface area contributed by atoms with Crippen molar-refractivity contribution >= 4 is 0 Å². The van der Waals surface area contributed by atoms with Gasteiger partial charge in [0, 0.05) is 12.1 Å². The summed E-state index contributed by atoms with van der Waals surface area (Å²) in [6, 6.07) is 5.63. The van der Waals surface area contributed by atoms with Gasteiger partial charge in [0.25, 0.3) is 0 Å². The van der Waals surface area contributed by atoms with E-state index in [1.165, 1.54) is 0 Å². The minimum atomic E-state index is -0.599. The Morgan fingerprint density at radius 1 is 1.38 bits per heavy atom. The Kier molecular flexibility index (Phi) is 6.57. The molecule has 0 amide bonds. The van der Waals surface area contributed by atoms with Crippen molar-refractivity contribution in [2.75, 3.05) is 6.61 Å². The lowest BCUT2D eigenvalue weighted by Crippen LogP contribution is -2.47. The van der Waals surface area contributed by atoms with Gasteiger partial charge in [-0.3, -0.25) is 5.32 Å². The fourth-order valence-corrected chi connectivity index (χ4v) is 2.21. The second-order valence-electron chi connectivity index (χ2n) is 5.37. The highest BCUT2D eigenvalue weighted by molar-refractivity contribution is 5.24. The molecule has 0 aliphatic carbocycles. The highest BCUT2D eigenvalue weighted by atomic mass is 19.1. The van der Waals surface area contributed by atoms with E-state index in [9.17, 15) is 14.0 Å². The molecule has 3 nitrogen and oxygen atoms in total. The average Bonchev–Trinajstić information content (AvgIpc) is 2.45. The normalized spacial score (nSPS) is 13.8. The van der Waals surface area contributed by atoms with E-state index in [-0.39, 0.29) is 18.4 Å². The summed E-state index contributed by atoms with van der Waals surface area (Å²) in [5, 5.41) is 12.6. The quantitative estimate of drug-likeness (QED) is 0.742. The first-order chi connectivity index (χ1) is 9.92. The van der Waals surface area contributed by atoms with Gasteiger partial charge >= 0.3 is 0 Å². The fraction of sp³-hybridized carbons (Fsp3) is 0.562. The lowest BCUT2D eigenvalue weighted by molar-refractivity contribution is 0.260. The van der Waals surface area contributed by atoms with E-state index in [4.69, 9.17) is 4.74 Å². The number of halogens is 2. The third-order valence-electron chi connectivity index (χ3n) is 3.28. The van der Waals surface area contributed by atoms with E-state index in [1.807, 2.05) is 20.8 Å².